The van der Waals surface area contributed by atoms with Crippen molar-refractivity contribution in [2.75, 3.05) is 0 Å². The largest absolute Gasteiger partial charge is 0.387 e. The lowest BCUT2D eigenvalue weighted by molar-refractivity contribution is 0.134. The van der Waals surface area contributed by atoms with Gasteiger partial charge in [-0.05, 0) is 44.7 Å². The van der Waals surface area contributed by atoms with E-state index in [1.165, 1.54) is 24.0 Å². The predicted molar refractivity (Wildman–Crippen MR) is 66.5 cm³/mol. The van der Waals surface area contributed by atoms with Gasteiger partial charge in [0.1, 0.15) is 0 Å². The first-order valence-electron chi connectivity index (χ1n) is 6.09. The van der Waals surface area contributed by atoms with Crippen LogP contribution in [0.25, 0.3) is 0 Å². The maximum absolute atomic E-state index is 10.3. The number of hydrogen-bond acceptors (Lipinski definition) is 2. The first-order chi connectivity index (χ1) is 7.58. The van der Waals surface area contributed by atoms with Crippen LogP contribution in [0.1, 0.15) is 42.6 Å². The van der Waals surface area contributed by atoms with Crippen LogP contribution < -0.4 is 5.32 Å². The summed E-state index contributed by atoms with van der Waals surface area (Å²) in [6.45, 7) is 6.20. The molecule has 16 heavy (non-hydrogen) atoms. The maximum Gasteiger partial charge on any atom is 0.0942 e. The molecule has 2 atom stereocenters. The quantitative estimate of drug-likeness (QED) is 0.815. The van der Waals surface area contributed by atoms with E-state index in [0.717, 1.165) is 5.56 Å². The Kier molecular flexibility index (Phi) is 3.31. The summed E-state index contributed by atoms with van der Waals surface area (Å²) in [6.07, 6.45) is 2.11. The van der Waals surface area contributed by atoms with Gasteiger partial charge in [0.15, 0.2) is 0 Å². The molecule has 2 nitrogen and oxygen atoms in total. The van der Waals surface area contributed by atoms with Crippen molar-refractivity contribution < 1.29 is 5.11 Å². The highest BCUT2D eigenvalue weighted by atomic mass is 16.3. The summed E-state index contributed by atoms with van der Waals surface area (Å²) in [4.78, 5) is 0. The standard InChI is InChI=1S/C14H21NO/c1-9-4-7-13(10(2)8-9)14(16)11(3)15-12-5-6-12/h4,7-8,11-12,14-16H,5-6H2,1-3H3. The molecule has 0 aliphatic heterocycles. The van der Waals surface area contributed by atoms with Crippen LogP contribution in [0.3, 0.4) is 0 Å². The molecule has 0 radical (unpaired) electrons. The minimum absolute atomic E-state index is 0.133. The lowest BCUT2D eigenvalue weighted by Gasteiger charge is -2.22. The van der Waals surface area contributed by atoms with E-state index < -0.39 is 6.10 Å². The van der Waals surface area contributed by atoms with Gasteiger partial charge in [-0.1, -0.05) is 23.8 Å². The van der Waals surface area contributed by atoms with Crippen LogP contribution in [0.5, 0.6) is 0 Å². The van der Waals surface area contributed by atoms with Crippen LogP contribution in [0, 0.1) is 13.8 Å². The van der Waals surface area contributed by atoms with Crippen molar-refractivity contribution in [2.24, 2.45) is 0 Å². The monoisotopic (exact) mass is 219 g/mol. The fourth-order valence-corrected chi connectivity index (χ4v) is 2.14. The molecule has 1 aromatic carbocycles. The van der Waals surface area contributed by atoms with Crippen molar-refractivity contribution in [2.45, 2.75) is 51.8 Å². The zero-order chi connectivity index (χ0) is 11.7. The van der Waals surface area contributed by atoms with Crippen molar-refractivity contribution in [3.05, 3.63) is 34.9 Å². The summed E-state index contributed by atoms with van der Waals surface area (Å²) in [5, 5.41) is 13.7. The molecular formula is C14H21NO. The van der Waals surface area contributed by atoms with Gasteiger partial charge in [0.25, 0.3) is 0 Å². The third kappa shape index (κ3) is 2.63. The van der Waals surface area contributed by atoms with E-state index in [4.69, 9.17) is 0 Å². The molecule has 1 aliphatic rings. The Hall–Kier alpha value is -0.860. The molecule has 0 saturated heterocycles. The van der Waals surface area contributed by atoms with Crippen molar-refractivity contribution in [1.82, 2.24) is 5.32 Å². The molecule has 2 N–H and O–H groups in total. The molecule has 0 spiro atoms. The summed E-state index contributed by atoms with van der Waals surface area (Å²) >= 11 is 0. The fraction of sp³-hybridized carbons (Fsp3) is 0.571. The summed E-state index contributed by atoms with van der Waals surface area (Å²) in [6, 6.07) is 7.00. The number of rotatable bonds is 4. The van der Waals surface area contributed by atoms with Gasteiger partial charge in [-0.15, -0.1) is 0 Å². The third-order valence-corrected chi connectivity index (χ3v) is 3.29. The Bertz CT molecular complexity index is 371. The van der Waals surface area contributed by atoms with Crippen molar-refractivity contribution >= 4 is 0 Å². The van der Waals surface area contributed by atoms with E-state index in [-0.39, 0.29) is 6.04 Å². The molecule has 88 valence electrons. The summed E-state index contributed by atoms with van der Waals surface area (Å²) in [5.41, 5.74) is 3.47. The highest BCUT2D eigenvalue weighted by Crippen LogP contribution is 2.25. The highest BCUT2D eigenvalue weighted by Gasteiger charge is 2.26. The molecule has 2 unspecified atom stereocenters. The van der Waals surface area contributed by atoms with Gasteiger partial charge in [-0.2, -0.15) is 0 Å². The second-order valence-corrected chi connectivity index (χ2v) is 5.03. The topological polar surface area (TPSA) is 32.3 Å². The second-order valence-electron chi connectivity index (χ2n) is 5.03. The summed E-state index contributed by atoms with van der Waals surface area (Å²) in [7, 11) is 0. The van der Waals surface area contributed by atoms with Crippen LogP contribution in [0.2, 0.25) is 0 Å². The van der Waals surface area contributed by atoms with Crippen molar-refractivity contribution in [3.8, 4) is 0 Å². The summed E-state index contributed by atoms with van der Waals surface area (Å²) < 4.78 is 0. The molecule has 1 aromatic rings. The SMILES string of the molecule is Cc1ccc(C(O)C(C)NC2CC2)c(C)c1. The van der Waals surface area contributed by atoms with Crippen LogP contribution in [-0.2, 0) is 0 Å². The second kappa shape index (κ2) is 4.56. The van der Waals surface area contributed by atoms with Gasteiger partial charge in [0, 0.05) is 12.1 Å². The molecular weight excluding hydrogens is 198 g/mol. The van der Waals surface area contributed by atoms with Gasteiger partial charge in [0.05, 0.1) is 6.10 Å². The predicted octanol–water partition coefficient (Wildman–Crippen LogP) is 2.48. The average Bonchev–Trinajstić information content (AvgIpc) is 3.00. The number of aliphatic hydroxyl groups excluding tert-OH is 1. The number of aliphatic hydroxyl groups is 1. The van der Waals surface area contributed by atoms with Crippen molar-refractivity contribution in [1.29, 1.82) is 0 Å². The average molecular weight is 219 g/mol. The Morgan fingerprint density at radius 3 is 2.56 bits per heavy atom. The number of aryl methyl sites for hydroxylation is 2. The van der Waals surface area contributed by atoms with Crippen LogP contribution in [-0.4, -0.2) is 17.2 Å². The zero-order valence-electron chi connectivity index (χ0n) is 10.3. The highest BCUT2D eigenvalue weighted by molar-refractivity contribution is 5.32. The van der Waals surface area contributed by atoms with E-state index in [9.17, 15) is 5.11 Å². The van der Waals surface area contributed by atoms with Gasteiger partial charge >= 0.3 is 0 Å². The Morgan fingerprint density at radius 2 is 2.00 bits per heavy atom. The Labute approximate surface area is 97.7 Å². The lowest BCUT2D eigenvalue weighted by Crippen LogP contribution is -2.34. The molecule has 1 fully saturated rings. The van der Waals surface area contributed by atoms with Crippen molar-refractivity contribution in [3.63, 3.8) is 0 Å². The molecule has 0 heterocycles. The first kappa shape index (κ1) is 11.6. The number of nitrogens with one attached hydrogen (secondary N) is 1. The third-order valence-electron chi connectivity index (χ3n) is 3.29. The minimum Gasteiger partial charge on any atom is -0.387 e. The first-order valence-corrected chi connectivity index (χ1v) is 6.09. The van der Waals surface area contributed by atoms with E-state index >= 15 is 0 Å². The lowest BCUT2D eigenvalue weighted by atomic mass is 9.97. The van der Waals surface area contributed by atoms with E-state index in [1.807, 2.05) is 6.07 Å². The number of benzene rings is 1. The zero-order valence-corrected chi connectivity index (χ0v) is 10.3. The molecule has 0 aromatic heterocycles. The maximum atomic E-state index is 10.3. The normalized spacial score (nSPS) is 19.5. The van der Waals surface area contributed by atoms with Crippen LogP contribution in [0.15, 0.2) is 18.2 Å². The molecule has 0 amide bonds. The molecule has 2 rings (SSSR count). The van der Waals surface area contributed by atoms with E-state index in [0.29, 0.717) is 6.04 Å². The fourth-order valence-electron chi connectivity index (χ4n) is 2.14. The van der Waals surface area contributed by atoms with Gasteiger partial charge < -0.3 is 10.4 Å². The Balaban J connectivity index is 2.08. The Morgan fingerprint density at radius 1 is 1.31 bits per heavy atom. The van der Waals surface area contributed by atoms with E-state index in [2.05, 4.69) is 38.2 Å². The van der Waals surface area contributed by atoms with E-state index in [1.54, 1.807) is 0 Å². The van der Waals surface area contributed by atoms with Gasteiger partial charge in [0.2, 0.25) is 0 Å². The summed E-state index contributed by atoms with van der Waals surface area (Å²) in [5.74, 6) is 0. The minimum atomic E-state index is -0.402. The smallest absolute Gasteiger partial charge is 0.0942 e. The van der Waals surface area contributed by atoms with Crippen LogP contribution >= 0.6 is 0 Å². The van der Waals surface area contributed by atoms with Crippen LogP contribution in [0.4, 0.5) is 0 Å². The van der Waals surface area contributed by atoms with Gasteiger partial charge in [-0.25, -0.2) is 0 Å². The van der Waals surface area contributed by atoms with Gasteiger partial charge in [-0.3, -0.25) is 0 Å². The molecule has 1 saturated carbocycles. The molecule has 2 heteroatoms. The molecule has 1 aliphatic carbocycles. The molecule has 0 bridgehead atoms. The number of hydrogen-bond donors (Lipinski definition) is 2.